The number of nitrogens with one attached hydrogen (secondary N) is 2. The number of imidazole rings is 1. The number of likely N-dealkylation sites (tertiary alicyclic amines) is 1. The van der Waals surface area contributed by atoms with Crippen LogP contribution < -0.4 is 5.32 Å². The molecule has 1 aliphatic heterocycles. The first-order valence-corrected chi connectivity index (χ1v) is 8.57. The molecule has 2 bridgehead atoms. The summed E-state index contributed by atoms with van der Waals surface area (Å²) in [6.45, 7) is -2.38. The maximum atomic E-state index is 12.2. The van der Waals surface area contributed by atoms with Gasteiger partial charge >= 0.3 is 12.7 Å². The number of methoxy groups -OCH3 is 1. The van der Waals surface area contributed by atoms with Gasteiger partial charge in [0.15, 0.2) is 0 Å². The summed E-state index contributed by atoms with van der Waals surface area (Å²) in [5.41, 5.74) is 0. The van der Waals surface area contributed by atoms with Crippen molar-refractivity contribution in [3.8, 4) is 0 Å². The minimum absolute atomic E-state index is 0.125. The van der Waals surface area contributed by atoms with Crippen molar-refractivity contribution in [3.63, 3.8) is 0 Å². The molecule has 9 heteroatoms. The highest BCUT2D eigenvalue weighted by Gasteiger charge is 2.48. The lowest BCUT2D eigenvalue weighted by Crippen LogP contribution is -2.47. The van der Waals surface area contributed by atoms with Gasteiger partial charge in [0.1, 0.15) is 5.82 Å². The van der Waals surface area contributed by atoms with Gasteiger partial charge in [0.05, 0.1) is 19.8 Å². The topological polar surface area (TPSA) is 79.5 Å². The van der Waals surface area contributed by atoms with E-state index in [2.05, 4.69) is 29.7 Å². The van der Waals surface area contributed by atoms with Gasteiger partial charge in [-0.1, -0.05) is 0 Å². The van der Waals surface area contributed by atoms with Crippen LogP contribution in [0.4, 0.5) is 13.6 Å². The van der Waals surface area contributed by atoms with E-state index in [4.69, 9.17) is 0 Å². The number of alkyl carbamates (subject to hydrolysis) is 1. The number of piperidine rings is 1. The molecule has 1 saturated carbocycles. The highest BCUT2D eigenvalue weighted by molar-refractivity contribution is 5.67. The molecule has 1 saturated heterocycles. The lowest BCUT2D eigenvalue weighted by molar-refractivity contribution is -0.130. The first-order valence-electron chi connectivity index (χ1n) is 8.57. The van der Waals surface area contributed by atoms with Gasteiger partial charge in [-0.3, -0.25) is 4.90 Å². The summed E-state index contributed by atoms with van der Waals surface area (Å²) in [5.74, 6) is 1.46. The number of halogens is 2. The van der Waals surface area contributed by atoms with Gasteiger partial charge in [-0.05, 0) is 31.6 Å². The quantitative estimate of drug-likeness (QED) is 0.745. The Kier molecular flexibility index (Phi) is 5.85. The third-order valence-electron chi connectivity index (χ3n) is 5.17. The van der Waals surface area contributed by atoms with Gasteiger partial charge in [-0.25, -0.2) is 9.78 Å². The molecule has 0 aromatic carbocycles. The Hall–Kier alpha value is -1.74. The molecule has 7 nitrogen and oxygen atoms in total. The van der Waals surface area contributed by atoms with E-state index in [0.717, 1.165) is 25.1 Å². The number of hydrogen-bond acceptors (Lipinski definition) is 5. The second-order valence-electron chi connectivity index (χ2n) is 6.60. The molecular formula is C16H24F2N4O3. The normalized spacial score (nSPS) is 27.0. The minimum atomic E-state index is -2.81. The molecule has 1 aliphatic carbocycles. The number of fused-ring (bicyclic) bond motifs is 2. The number of ether oxygens (including phenoxy) is 2. The maximum absolute atomic E-state index is 12.2. The van der Waals surface area contributed by atoms with Gasteiger partial charge < -0.3 is 19.8 Å². The van der Waals surface area contributed by atoms with Crippen molar-refractivity contribution in [2.75, 3.05) is 20.3 Å². The molecule has 140 valence electrons. The summed E-state index contributed by atoms with van der Waals surface area (Å²) >= 11 is 0. The fraction of sp³-hybridized carbons (Fsp3) is 0.750. The van der Waals surface area contributed by atoms with Crippen LogP contribution in [0.5, 0.6) is 0 Å². The molecule has 25 heavy (non-hydrogen) atoms. The first-order chi connectivity index (χ1) is 12.1. The monoisotopic (exact) mass is 358 g/mol. The third kappa shape index (κ3) is 4.27. The Labute approximate surface area is 145 Å². The number of H-pyrrole nitrogens is 1. The number of hydrogen-bond donors (Lipinski definition) is 2. The van der Waals surface area contributed by atoms with E-state index in [0.29, 0.717) is 18.5 Å². The van der Waals surface area contributed by atoms with Crippen molar-refractivity contribution < 1.29 is 23.0 Å². The smallest absolute Gasteiger partial charge is 0.407 e. The van der Waals surface area contributed by atoms with Crippen LogP contribution in [0, 0.1) is 5.92 Å². The van der Waals surface area contributed by atoms with Gasteiger partial charge in [0, 0.05) is 31.0 Å². The van der Waals surface area contributed by atoms with E-state index >= 15 is 0 Å². The molecule has 3 rings (SSSR count). The molecule has 0 radical (unpaired) electrons. The van der Waals surface area contributed by atoms with Crippen molar-refractivity contribution in [1.82, 2.24) is 20.2 Å². The predicted molar refractivity (Wildman–Crippen MR) is 85.1 cm³/mol. The Bertz CT molecular complexity index is 558. The van der Waals surface area contributed by atoms with E-state index in [9.17, 15) is 13.6 Å². The van der Waals surface area contributed by atoms with Crippen LogP contribution in [0.15, 0.2) is 12.4 Å². The summed E-state index contributed by atoms with van der Waals surface area (Å²) in [6.07, 6.45) is 6.64. The molecule has 0 unspecified atom stereocenters. The Morgan fingerprint density at radius 1 is 1.52 bits per heavy atom. The van der Waals surface area contributed by atoms with Crippen LogP contribution in [0.3, 0.4) is 0 Å². The third-order valence-corrected chi connectivity index (χ3v) is 5.17. The average molecular weight is 358 g/mol. The van der Waals surface area contributed by atoms with Crippen molar-refractivity contribution in [2.24, 2.45) is 5.92 Å². The highest BCUT2D eigenvalue weighted by Crippen LogP contribution is 2.49. The van der Waals surface area contributed by atoms with Gasteiger partial charge in [0.2, 0.25) is 0 Å². The minimum Gasteiger partial charge on any atom is -0.453 e. The second-order valence-corrected chi connectivity index (χ2v) is 6.60. The molecule has 2 N–H and O–H groups in total. The highest BCUT2D eigenvalue weighted by atomic mass is 19.3. The van der Waals surface area contributed by atoms with Crippen LogP contribution in [0.25, 0.3) is 0 Å². The number of carbonyl (C=O) groups is 1. The zero-order valence-electron chi connectivity index (χ0n) is 14.2. The van der Waals surface area contributed by atoms with Crippen LogP contribution in [0.1, 0.15) is 37.5 Å². The second kappa shape index (κ2) is 8.09. The fourth-order valence-electron chi connectivity index (χ4n) is 4.15. The lowest BCUT2D eigenvalue weighted by Gasteiger charge is -2.36. The number of alkyl halides is 2. The summed E-state index contributed by atoms with van der Waals surface area (Å²) in [4.78, 5) is 21.5. The molecule has 1 amide bonds. The largest absolute Gasteiger partial charge is 0.453 e. The van der Waals surface area contributed by atoms with Gasteiger partial charge in [0.25, 0.3) is 0 Å². The van der Waals surface area contributed by atoms with Crippen LogP contribution >= 0.6 is 0 Å². The summed E-state index contributed by atoms with van der Waals surface area (Å²) in [6, 6.07) is 0.271. The van der Waals surface area contributed by atoms with E-state index in [1.807, 2.05) is 0 Å². The number of amides is 1. The van der Waals surface area contributed by atoms with Gasteiger partial charge in [-0.15, -0.1) is 0 Å². The first kappa shape index (κ1) is 18.1. The SMILES string of the molecule is COC(=O)N[C@@H](CCOC(F)F)CN1[C@@H]2CC[C@@H](C2)[C@H]1c1ncc[nH]1. The van der Waals surface area contributed by atoms with E-state index < -0.39 is 12.7 Å². The average Bonchev–Trinajstić information content (AvgIpc) is 3.31. The fourth-order valence-corrected chi connectivity index (χ4v) is 4.15. The molecule has 4 atom stereocenters. The molecule has 1 aromatic heterocycles. The number of nitrogens with zero attached hydrogens (tertiary/aromatic N) is 2. The van der Waals surface area contributed by atoms with E-state index in [1.54, 1.807) is 12.4 Å². The standard InChI is InChI=1S/C16H24F2N4O3/c1-24-16(23)21-11(4-7-25-15(17)18)9-22-12-3-2-10(8-12)13(22)14-19-5-6-20-14/h5-6,10-13,15H,2-4,7-9H2,1H3,(H,19,20)(H,21,23)/t10-,11-,12+,13-/m0/s1. The molecule has 0 spiro atoms. The zero-order valence-corrected chi connectivity index (χ0v) is 14.2. The number of aromatic nitrogens is 2. The Morgan fingerprint density at radius 2 is 2.36 bits per heavy atom. The van der Waals surface area contributed by atoms with Crippen LogP contribution in [-0.4, -0.2) is 59.9 Å². The molecule has 1 aromatic rings. The van der Waals surface area contributed by atoms with Crippen molar-refractivity contribution in [1.29, 1.82) is 0 Å². The summed E-state index contributed by atoms with van der Waals surface area (Å²) < 4.78 is 33.5. The van der Waals surface area contributed by atoms with Crippen molar-refractivity contribution in [3.05, 3.63) is 18.2 Å². The summed E-state index contributed by atoms with van der Waals surface area (Å²) in [5, 5.41) is 2.73. The van der Waals surface area contributed by atoms with Gasteiger partial charge in [-0.2, -0.15) is 8.78 Å². The molecule has 2 fully saturated rings. The number of rotatable bonds is 8. The predicted octanol–water partition coefficient (Wildman–Crippen LogP) is 2.29. The summed E-state index contributed by atoms with van der Waals surface area (Å²) in [7, 11) is 1.28. The molecule has 2 aliphatic rings. The lowest BCUT2D eigenvalue weighted by atomic mass is 9.97. The zero-order chi connectivity index (χ0) is 17.8. The molecule has 2 heterocycles. The van der Waals surface area contributed by atoms with Crippen molar-refractivity contribution >= 4 is 6.09 Å². The number of aromatic amines is 1. The Morgan fingerprint density at radius 3 is 3.04 bits per heavy atom. The van der Waals surface area contributed by atoms with E-state index in [-0.39, 0.29) is 25.1 Å². The maximum Gasteiger partial charge on any atom is 0.407 e. The van der Waals surface area contributed by atoms with Crippen LogP contribution in [-0.2, 0) is 9.47 Å². The van der Waals surface area contributed by atoms with Crippen LogP contribution in [0.2, 0.25) is 0 Å². The Balaban J connectivity index is 1.67. The molecular weight excluding hydrogens is 334 g/mol. The van der Waals surface area contributed by atoms with Crippen molar-refractivity contribution in [2.45, 2.75) is 50.4 Å². The number of carbonyl (C=O) groups excluding carboxylic acids is 1. The van der Waals surface area contributed by atoms with E-state index in [1.165, 1.54) is 7.11 Å².